The summed E-state index contributed by atoms with van der Waals surface area (Å²) in [5, 5.41) is 22.2. The predicted octanol–water partition coefficient (Wildman–Crippen LogP) is 8.50. The van der Waals surface area contributed by atoms with E-state index in [0.717, 1.165) is 40.6 Å². The Labute approximate surface area is 261 Å². The molecule has 0 aliphatic heterocycles. The summed E-state index contributed by atoms with van der Waals surface area (Å²) in [5.74, 6) is -0.272. The van der Waals surface area contributed by atoms with Crippen LogP contribution >= 0.6 is 0 Å². The molecule has 0 aromatic heterocycles. The van der Waals surface area contributed by atoms with Gasteiger partial charge in [0.25, 0.3) is 0 Å². The van der Waals surface area contributed by atoms with Crippen LogP contribution in [0.5, 0.6) is 11.5 Å². The molecule has 0 saturated carbocycles. The number of aryl methyl sites for hydroxylation is 6. The van der Waals surface area contributed by atoms with E-state index >= 15 is 0 Å². The maximum Gasteiger partial charge on any atom is -0.0398 e. The van der Waals surface area contributed by atoms with Crippen molar-refractivity contribution in [2.24, 2.45) is 0 Å². The van der Waals surface area contributed by atoms with Gasteiger partial charge in [-0.15, -0.1) is 11.5 Å². The molecule has 0 heterocycles. The standard InChI is InChI=1S/2C9H12O.2C9H7.C2H7Si.Zr/c2*1-6-4-7(2)9(10)8(3)5-6;2*1-2-5-9-7-3-6-8(9)4-1;1-3-2;/h2*4-5,10H,1-3H3;2*1-7H;3H,1-2H3;/q;;;;;+2/p-2. The Bertz CT molecular complexity index is 1450. The SMILES string of the molecule is C[SiH](C)[Zr+2]([CH]1C=Cc2ccccc21)[CH]1C=Cc2ccccc21.Cc1cc(C)c([O-])c(C)c1.Cc1cc(C)c([O-])c(C)c1. The molecule has 0 fully saturated rings. The summed E-state index contributed by atoms with van der Waals surface area (Å²) in [6.45, 7) is 16.6. The smallest absolute Gasteiger partial charge is 0.0398 e. The van der Waals surface area contributed by atoms with Crippen LogP contribution in [0.2, 0.25) is 13.1 Å². The summed E-state index contributed by atoms with van der Waals surface area (Å²) in [6.07, 6.45) is 9.84. The summed E-state index contributed by atoms with van der Waals surface area (Å²) in [5.41, 5.74) is 11.9. The average molecular weight is 651 g/mol. The van der Waals surface area contributed by atoms with E-state index in [-0.39, 0.29) is 11.5 Å². The molecule has 0 radical (unpaired) electrons. The van der Waals surface area contributed by atoms with Crippen molar-refractivity contribution in [1.82, 2.24) is 0 Å². The molecular weight excluding hydrogens is 608 g/mol. The van der Waals surface area contributed by atoms with Crippen LogP contribution in [-0.2, 0) is 20.9 Å². The Morgan fingerprint density at radius 3 is 1.21 bits per heavy atom. The van der Waals surface area contributed by atoms with E-state index in [1.807, 2.05) is 65.8 Å². The predicted molar refractivity (Wildman–Crippen MR) is 176 cm³/mol. The number of fused-ring (bicyclic) bond motifs is 2. The molecule has 4 heteroatoms. The van der Waals surface area contributed by atoms with Gasteiger partial charge in [0, 0.05) is 0 Å². The average Bonchev–Trinajstić information content (AvgIpc) is 3.56. The van der Waals surface area contributed by atoms with Crippen molar-refractivity contribution in [2.45, 2.75) is 61.9 Å². The Morgan fingerprint density at radius 1 is 0.548 bits per heavy atom. The van der Waals surface area contributed by atoms with Crippen molar-refractivity contribution in [2.75, 3.05) is 0 Å². The van der Waals surface area contributed by atoms with Crippen LogP contribution in [0.1, 0.15) is 62.9 Å². The monoisotopic (exact) mass is 649 g/mol. The van der Waals surface area contributed by atoms with Gasteiger partial charge in [0.05, 0.1) is 0 Å². The first-order valence-electron chi connectivity index (χ1n) is 14.9. The van der Waals surface area contributed by atoms with Crippen molar-refractivity contribution in [3.8, 4) is 11.5 Å². The van der Waals surface area contributed by atoms with Crippen LogP contribution in [0.25, 0.3) is 12.2 Å². The molecule has 4 aromatic rings. The number of rotatable bonds is 3. The molecule has 215 valence electrons. The Balaban J connectivity index is 0.000000169. The first kappa shape index (κ1) is 32.0. The molecule has 2 nitrogen and oxygen atoms in total. The fourth-order valence-corrected chi connectivity index (χ4v) is 27.4. The summed E-state index contributed by atoms with van der Waals surface area (Å²) >= 11 is -1.62. The molecule has 6 rings (SSSR count). The second kappa shape index (κ2) is 14.0. The van der Waals surface area contributed by atoms with Gasteiger partial charge in [-0.2, -0.15) is 0 Å². The van der Waals surface area contributed by atoms with Crippen LogP contribution in [0.15, 0.2) is 84.9 Å². The van der Waals surface area contributed by atoms with Crippen molar-refractivity contribution < 1.29 is 31.1 Å². The number of hydrogen-bond acceptors (Lipinski definition) is 2. The van der Waals surface area contributed by atoms with Crippen molar-refractivity contribution in [3.63, 3.8) is 0 Å². The third-order valence-corrected chi connectivity index (χ3v) is 29.6. The molecule has 0 spiro atoms. The molecule has 2 unspecified atom stereocenters. The molecule has 2 aliphatic rings. The summed E-state index contributed by atoms with van der Waals surface area (Å²) in [4.78, 5) is 0. The van der Waals surface area contributed by atoms with E-state index < -0.39 is 26.8 Å². The molecule has 2 aliphatic carbocycles. The van der Waals surface area contributed by atoms with Crippen molar-refractivity contribution in [1.29, 1.82) is 0 Å². The van der Waals surface area contributed by atoms with Gasteiger partial charge in [-0.1, -0.05) is 57.6 Å². The zero-order chi connectivity index (χ0) is 30.6. The van der Waals surface area contributed by atoms with E-state index in [0.29, 0.717) is 0 Å². The van der Waals surface area contributed by atoms with Gasteiger partial charge in [-0.3, -0.25) is 0 Å². The molecule has 0 bridgehead atoms. The summed E-state index contributed by atoms with van der Waals surface area (Å²) < 4.78 is 1.57. The molecule has 2 atom stereocenters. The van der Waals surface area contributed by atoms with Crippen molar-refractivity contribution >= 4 is 18.1 Å². The normalized spacial score (nSPS) is 15.8. The molecule has 0 amide bonds. The summed E-state index contributed by atoms with van der Waals surface area (Å²) in [7, 11) is 0. The summed E-state index contributed by atoms with van der Waals surface area (Å²) in [6, 6.07) is 25.8. The molecular formula is C38H43O2SiZr. The topological polar surface area (TPSA) is 46.1 Å². The maximum atomic E-state index is 11.1. The van der Waals surface area contributed by atoms with Crippen LogP contribution in [0.3, 0.4) is 0 Å². The molecule has 0 N–H and O–H groups in total. The number of hydrogen-bond donors (Lipinski definition) is 0. The second-order valence-corrected chi connectivity index (χ2v) is 32.3. The van der Waals surface area contributed by atoms with E-state index in [1.165, 1.54) is 11.1 Å². The van der Waals surface area contributed by atoms with E-state index in [9.17, 15) is 10.2 Å². The van der Waals surface area contributed by atoms with Crippen LogP contribution < -0.4 is 10.2 Å². The molecule has 4 aromatic carbocycles. The van der Waals surface area contributed by atoms with E-state index in [2.05, 4.69) is 85.9 Å². The zero-order valence-electron chi connectivity index (χ0n) is 26.3. The first-order chi connectivity index (χ1) is 20.0. The van der Waals surface area contributed by atoms with E-state index in [1.54, 1.807) is 11.1 Å². The third kappa shape index (κ3) is 7.33. The van der Waals surface area contributed by atoms with Crippen LogP contribution in [0.4, 0.5) is 0 Å². The van der Waals surface area contributed by atoms with Gasteiger partial charge in [0.15, 0.2) is 0 Å². The van der Waals surface area contributed by atoms with Gasteiger partial charge < -0.3 is 10.2 Å². The largest absolute Gasteiger partial charge is 0.872 e. The number of allylic oxidation sites excluding steroid dienone is 2. The number of benzene rings is 4. The van der Waals surface area contributed by atoms with Gasteiger partial charge in [-0.05, 0) is 41.5 Å². The van der Waals surface area contributed by atoms with Crippen molar-refractivity contribution in [3.05, 3.63) is 141 Å². The zero-order valence-corrected chi connectivity index (χ0v) is 29.9. The Hall–Kier alpha value is -2.94. The fraction of sp³-hybridized carbons (Fsp3) is 0.263. The Morgan fingerprint density at radius 2 is 0.881 bits per heavy atom. The van der Waals surface area contributed by atoms with Crippen LogP contribution in [-0.4, -0.2) is 5.92 Å². The minimum absolute atomic E-state index is 0.172. The minimum atomic E-state index is -1.62. The van der Waals surface area contributed by atoms with Crippen LogP contribution in [0, 0.1) is 41.5 Å². The first-order valence-corrected chi connectivity index (χ1v) is 24.9. The third-order valence-electron chi connectivity index (χ3n) is 8.19. The minimum Gasteiger partial charge on any atom is -0.872 e. The quantitative estimate of drug-likeness (QED) is 0.209. The van der Waals surface area contributed by atoms with Gasteiger partial charge in [0.2, 0.25) is 0 Å². The van der Waals surface area contributed by atoms with Gasteiger partial charge in [-0.25, -0.2) is 0 Å². The fourth-order valence-electron chi connectivity index (χ4n) is 6.33. The van der Waals surface area contributed by atoms with E-state index in [4.69, 9.17) is 0 Å². The van der Waals surface area contributed by atoms with Gasteiger partial charge >= 0.3 is 142 Å². The second-order valence-electron chi connectivity index (χ2n) is 12.0. The molecule has 42 heavy (non-hydrogen) atoms. The Kier molecular flexibility index (Phi) is 10.7. The van der Waals surface area contributed by atoms with Gasteiger partial charge in [0.1, 0.15) is 0 Å². The molecule has 0 saturated heterocycles. The maximum absolute atomic E-state index is 11.1.